The van der Waals surface area contributed by atoms with Gasteiger partial charge in [-0.25, -0.2) is 16.8 Å². The lowest BCUT2D eigenvalue weighted by Crippen LogP contribution is -2.47. The largest absolute Gasteiger partial charge is 0.366 e. The average molecular weight is 910 g/mol. The van der Waals surface area contributed by atoms with Crippen LogP contribution in [0, 0.1) is 11.3 Å². The van der Waals surface area contributed by atoms with Crippen molar-refractivity contribution in [2.45, 2.75) is 170 Å². The summed E-state index contributed by atoms with van der Waals surface area (Å²) in [6.45, 7) is 21.7. The lowest BCUT2D eigenvalue weighted by Gasteiger charge is -2.34. The first kappa shape index (κ1) is 46.4. The molecule has 4 aliphatic heterocycles. The van der Waals surface area contributed by atoms with Gasteiger partial charge >= 0.3 is 0 Å². The van der Waals surface area contributed by atoms with E-state index in [-0.39, 0.29) is 64.2 Å². The van der Waals surface area contributed by atoms with Crippen molar-refractivity contribution in [1.29, 1.82) is 5.26 Å². The van der Waals surface area contributed by atoms with E-state index in [4.69, 9.17) is 9.47 Å². The van der Waals surface area contributed by atoms with E-state index in [0.29, 0.717) is 6.42 Å². The Bertz CT molecular complexity index is 2330. The maximum absolute atomic E-state index is 13.6. The smallest absolute Gasteiger partial charge is 0.238 e. The topological polar surface area (TPSA) is 141 Å². The summed E-state index contributed by atoms with van der Waals surface area (Å²) in [7, 11) is -5.89. The minimum atomic E-state index is -3.36. The van der Waals surface area contributed by atoms with E-state index >= 15 is 0 Å². The number of nitrogens with zero attached hydrogens (tertiary/aromatic N) is 3. The van der Waals surface area contributed by atoms with Crippen molar-refractivity contribution >= 4 is 53.1 Å². The molecule has 4 heterocycles. The van der Waals surface area contributed by atoms with Crippen molar-refractivity contribution in [2.24, 2.45) is 0 Å². The number of ether oxygens (including phenoxy) is 2. The Labute approximate surface area is 369 Å². The molecule has 0 N–H and O–H groups in total. The van der Waals surface area contributed by atoms with E-state index in [1.807, 2.05) is 24.1 Å². The van der Waals surface area contributed by atoms with E-state index in [0.717, 1.165) is 72.3 Å². The van der Waals surface area contributed by atoms with E-state index in [1.54, 1.807) is 11.9 Å². The molecule has 8 rings (SSSR count). The van der Waals surface area contributed by atoms with E-state index in [2.05, 4.69) is 97.3 Å². The zero-order valence-corrected chi connectivity index (χ0v) is 42.5. The molecule has 2 fully saturated rings. The number of likely N-dealkylation sites (N-methyl/N-ethyl adjacent to an activating group) is 2. The third kappa shape index (κ3) is 8.83. The first-order valence-corrected chi connectivity index (χ1v) is 33.6. The number of carbonyl (C=O) groups excluding carboxylic acids is 1. The number of sulfone groups is 2. The summed E-state index contributed by atoms with van der Waals surface area (Å²) in [6.07, 6.45) is 5.25. The zero-order valence-electron chi connectivity index (χ0n) is 38.9. The molecule has 2 aromatic rings. The highest BCUT2D eigenvalue weighted by Crippen LogP contribution is 2.59. The molecule has 0 bridgehead atoms. The molecule has 7 atom stereocenters. The summed E-state index contributed by atoms with van der Waals surface area (Å²) in [5, 5.41) is 10.2. The van der Waals surface area contributed by atoms with Gasteiger partial charge in [0.15, 0.2) is 19.7 Å². The summed E-state index contributed by atoms with van der Waals surface area (Å²) in [6, 6.07) is 15.9. The van der Waals surface area contributed by atoms with E-state index in [9.17, 15) is 26.9 Å². The molecule has 0 aromatic heterocycles. The van der Waals surface area contributed by atoms with Gasteiger partial charge in [-0.1, -0.05) is 76.4 Å². The number of hydrogen-bond donors (Lipinski definition) is 0. The highest BCUT2D eigenvalue weighted by Gasteiger charge is 2.61. The number of amides is 1. The predicted molar refractivity (Wildman–Crippen MR) is 252 cm³/mol. The van der Waals surface area contributed by atoms with Gasteiger partial charge in [0.05, 0.1) is 46.4 Å². The fourth-order valence-electron chi connectivity index (χ4n) is 11.4. The van der Waals surface area contributed by atoms with Crippen molar-refractivity contribution in [3.63, 3.8) is 0 Å². The van der Waals surface area contributed by atoms with Crippen molar-refractivity contribution in [3.05, 3.63) is 58.7 Å². The molecule has 1 amide bonds. The van der Waals surface area contributed by atoms with Crippen LogP contribution in [0.1, 0.15) is 100 Å². The molecule has 61 heavy (non-hydrogen) atoms. The second kappa shape index (κ2) is 15.6. The minimum Gasteiger partial charge on any atom is -0.366 e. The van der Waals surface area contributed by atoms with E-state index in [1.165, 1.54) is 5.56 Å². The van der Waals surface area contributed by atoms with Gasteiger partial charge in [0, 0.05) is 70.4 Å². The first-order chi connectivity index (χ1) is 28.1. The molecule has 2 aromatic carbocycles. The number of benzene rings is 2. The van der Waals surface area contributed by atoms with Crippen molar-refractivity contribution < 1.29 is 31.1 Å². The Balaban J connectivity index is 0.000000184. The van der Waals surface area contributed by atoms with Crippen LogP contribution in [-0.2, 0) is 44.8 Å². The summed E-state index contributed by atoms with van der Waals surface area (Å²) in [4.78, 5) is 17.3. The van der Waals surface area contributed by atoms with Gasteiger partial charge in [0.2, 0.25) is 5.91 Å². The zero-order chi connectivity index (χ0) is 44.9. The molecule has 336 valence electrons. The van der Waals surface area contributed by atoms with Gasteiger partial charge in [-0.15, -0.1) is 0 Å². The number of hydrogen-bond acceptors (Lipinski definition) is 9. The van der Waals surface area contributed by atoms with Crippen LogP contribution in [0.15, 0.2) is 36.4 Å². The number of rotatable bonds is 12. The van der Waals surface area contributed by atoms with Gasteiger partial charge in [-0.2, -0.15) is 5.26 Å². The van der Waals surface area contributed by atoms with Crippen molar-refractivity contribution in [1.82, 2.24) is 0 Å². The van der Waals surface area contributed by atoms with Crippen LogP contribution in [0.2, 0.25) is 51.4 Å². The molecule has 6 aliphatic rings. The minimum absolute atomic E-state index is 0.0573. The molecule has 2 saturated heterocycles. The normalized spacial score (nSPS) is 30.9. The van der Waals surface area contributed by atoms with Crippen molar-refractivity contribution in [3.8, 4) is 6.07 Å². The van der Waals surface area contributed by atoms with Gasteiger partial charge in [0.25, 0.3) is 0 Å². The fourth-order valence-corrected chi connectivity index (χ4v) is 21.5. The highest BCUT2D eigenvalue weighted by molar-refractivity contribution is 7.91. The summed E-state index contributed by atoms with van der Waals surface area (Å²) >= 11 is 0. The number of nitriles is 1. The third-order valence-electron chi connectivity index (χ3n) is 14.8. The maximum Gasteiger partial charge on any atom is 0.238 e. The molecular weight excluding hydrogens is 839 g/mol. The van der Waals surface area contributed by atoms with Crippen LogP contribution in [0.4, 0.5) is 11.4 Å². The molecule has 10 nitrogen and oxygen atoms in total. The average Bonchev–Trinajstić information content (AvgIpc) is 3.99. The van der Waals surface area contributed by atoms with Crippen LogP contribution >= 0.6 is 0 Å². The highest BCUT2D eigenvalue weighted by atomic mass is 32.2. The van der Waals surface area contributed by atoms with Gasteiger partial charge in [0.1, 0.15) is 6.04 Å². The molecule has 2 aliphatic carbocycles. The molecule has 0 radical (unpaired) electrons. The Kier molecular flexibility index (Phi) is 11.9. The molecular formula is C47H71N3O7S2Si2. The van der Waals surface area contributed by atoms with E-state index < -0.39 is 52.7 Å². The van der Waals surface area contributed by atoms with Crippen molar-refractivity contribution in [2.75, 3.05) is 46.9 Å². The van der Waals surface area contributed by atoms with Crippen LogP contribution in [-0.4, -0.2) is 105 Å². The lowest BCUT2D eigenvalue weighted by atomic mass is 9.74. The summed E-state index contributed by atoms with van der Waals surface area (Å²) in [5.74, 6) is 0.812. The molecule has 14 heteroatoms. The Morgan fingerprint density at radius 3 is 1.66 bits per heavy atom. The number of epoxide rings is 2. The summed E-state index contributed by atoms with van der Waals surface area (Å²) < 4.78 is 65.4. The maximum atomic E-state index is 13.6. The summed E-state index contributed by atoms with van der Waals surface area (Å²) in [5.41, 5.74) is 4.39. The predicted octanol–water partition coefficient (Wildman–Crippen LogP) is 8.56. The molecule has 0 saturated carbocycles. The standard InChI is InChI=1S/C24H36N2O3SSi.C23H35NO4SSi/c1-23(2)22(29-23)18-10-8-12-24(16-30(27,28)13-14-31(4,5)6)20(15-25)26(3)19-11-7-9-17(18)21(19)24;1-22(2)20(28-22)17-10-8-12-23(15-29(26,27)13-14-30(4,5)6)19-16(17)9-7-11-18(19)24(3)21(23)25/h7,9,11,18,20,22H,8,10,12-14,16H2,1-6H3;7,9,11,17,20H,8,10,12-15H2,1-6H3/t18-,20+,22+,24+;17-,20+,23-/m00/s1. The van der Waals surface area contributed by atoms with Crippen LogP contribution in [0.3, 0.4) is 0 Å². The quantitative estimate of drug-likeness (QED) is 0.151. The Morgan fingerprint density at radius 2 is 1.18 bits per heavy atom. The van der Waals surface area contributed by atoms with Gasteiger partial charge < -0.3 is 19.3 Å². The second-order valence-electron chi connectivity index (χ2n) is 22.8. The molecule has 0 unspecified atom stereocenters. The van der Waals surface area contributed by atoms with Crippen LogP contribution in [0.5, 0.6) is 0 Å². The Morgan fingerprint density at radius 1 is 0.721 bits per heavy atom. The number of anilines is 2. The lowest BCUT2D eigenvalue weighted by molar-refractivity contribution is -0.122. The van der Waals surface area contributed by atoms with Crippen LogP contribution in [0.25, 0.3) is 0 Å². The second-order valence-corrected chi connectivity index (χ2v) is 38.4. The monoisotopic (exact) mass is 909 g/mol. The fraction of sp³-hybridized carbons (Fsp3) is 0.702. The van der Waals surface area contributed by atoms with Gasteiger partial charge in [-0.05, 0) is 99.9 Å². The van der Waals surface area contributed by atoms with Gasteiger partial charge in [-0.3, -0.25) is 4.79 Å². The number of carbonyl (C=O) groups is 1. The third-order valence-corrected chi connectivity index (χ3v) is 22.6. The first-order valence-electron chi connectivity index (χ1n) is 22.5. The molecule has 0 spiro atoms. The SMILES string of the molecule is CN1C(=O)[C@]2(CS(=O)(=O)CC[Si](C)(C)C)CCC[C@H]([C@H]3OC3(C)C)c3cccc1c32.CN1c2cccc3c2[C@@](CS(=O)(=O)CC[Si](C)(C)C)(CCC[C@@H]3[C@H]2OC2(C)C)[C@H]1C#N. The van der Waals surface area contributed by atoms with Crippen LogP contribution < -0.4 is 9.80 Å². The Hall–Kier alpha value is -2.55.